The zero-order valence-corrected chi connectivity index (χ0v) is 17.1. The molecule has 30 heavy (non-hydrogen) atoms. The molecule has 0 N–H and O–H groups in total. The molecule has 1 saturated carbocycles. The molecule has 0 spiro atoms. The van der Waals surface area contributed by atoms with Crippen molar-refractivity contribution in [2.75, 3.05) is 20.8 Å². The fourth-order valence-electron chi connectivity index (χ4n) is 3.63. The Bertz CT molecular complexity index is 958. The summed E-state index contributed by atoms with van der Waals surface area (Å²) in [6, 6.07) is 12.0. The smallest absolute Gasteiger partial charge is 0.226 e. The Labute approximate surface area is 175 Å². The van der Waals surface area contributed by atoms with Crippen LogP contribution in [0.25, 0.3) is 0 Å². The lowest BCUT2D eigenvalue weighted by Gasteiger charge is -2.25. The minimum atomic E-state index is -0.303. The number of carbonyl (C=O) groups excluding carboxylic acids is 1. The van der Waals surface area contributed by atoms with E-state index in [2.05, 4.69) is 5.16 Å². The molecule has 2 aromatic rings. The molecule has 0 aromatic heterocycles. The van der Waals surface area contributed by atoms with Crippen LogP contribution in [-0.4, -0.2) is 43.4 Å². The number of hydrogen-bond acceptors (Lipinski definition) is 5. The van der Waals surface area contributed by atoms with Gasteiger partial charge in [-0.2, -0.15) is 0 Å². The Balaban J connectivity index is 1.44. The van der Waals surface area contributed by atoms with Crippen LogP contribution < -0.4 is 9.47 Å². The molecule has 0 bridgehead atoms. The fourth-order valence-corrected chi connectivity index (χ4v) is 3.63. The number of amides is 1. The van der Waals surface area contributed by atoms with Gasteiger partial charge in [-0.3, -0.25) is 4.79 Å². The number of oxime groups is 1. The summed E-state index contributed by atoms with van der Waals surface area (Å²) in [7, 11) is 3.18. The number of halogens is 1. The normalized spacial score (nSPS) is 17.8. The molecule has 1 unspecified atom stereocenters. The van der Waals surface area contributed by atoms with Crippen molar-refractivity contribution in [1.29, 1.82) is 0 Å². The van der Waals surface area contributed by atoms with Gasteiger partial charge in [0.15, 0.2) is 17.6 Å². The van der Waals surface area contributed by atoms with E-state index < -0.39 is 0 Å². The number of nitrogens with zero attached hydrogens (tertiary/aromatic N) is 2. The number of benzene rings is 2. The highest BCUT2D eigenvalue weighted by atomic mass is 19.1. The van der Waals surface area contributed by atoms with Crippen molar-refractivity contribution >= 4 is 11.6 Å². The lowest BCUT2D eigenvalue weighted by Crippen LogP contribution is -2.38. The Morgan fingerprint density at radius 3 is 2.67 bits per heavy atom. The summed E-state index contributed by atoms with van der Waals surface area (Å²) in [6.07, 6.45) is 2.16. The minimum Gasteiger partial charge on any atom is -0.493 e. The number of rotatable bonds is 8. The van der Waals surface area contributed by atoms with E-state index in [9.17, 15) is 9.18 Å². The Kier molecular flexibility index (Phi) is 5.88. The van der Waals surface area contributed by atoms with Gasteiger partial charge in [-0.25, -0.2) is 4.39 Å². The maximum atomic E-state index is 13.6. The molecule has 0 radical (unpaired) electrons. The van der Waals surface area contributed by atoms with Crippen LogP contribution in [0.1, 0.15) is 30.4 Å². The summed E-state index contributed by atoms with van der Waals surface area (Å²) >= 11 is 0. The Morgan fingerprint density at radius 1 is 1.17 bits per heavy atom. The SMILES string of the molecule is COc1ccc(C2=NOC(CN(Cc3cccc(F)c3)C(=O)C3CC3)C2)cc1OC. The molecule has 158 valence electrons. The second-order valence-corrected chi connectivity index (χ2v) is 7.66. The van der Waals surface area contributed by atoms with Gasteiger partial charge in [0.2, 0.25) is 5.91 Å². The highest BCUT2D eigenvalue weighted by Crippen LogP contribution is 2.33. The van der Waals surface area contributed by atoms with E-state index in [1.807, 2.05) is 24.3 Å². The largest absolute Gasteiger partial charge is 0.493 e. The Morgan fingerprint density at radius 2 is 1.97 bits per heavy atom. The summed E-state index contributed by atoms with van der Waals surface area (Å²) in [5.41, 5.74) is 2.45. The van der Waals surface area contributed by atoms with Crippen LogP contribution in [0.2, 0.25) is 0 Å². The third-order valence-corrected chi connectivity index (χ3v) is 5.37. The molecule has 1 fully saturated rings. The van der Waals surface area contributed by atoms with Gasteiger partial charge in [0.25, 0.3) is 0 Å². The van der Waals surface area contributed by atoms with E-state index in [4.69, 9.17) is 14.3 Å². The van der Waals surface area contributed by atoms with E-state index >= 15 is 0 Å². The van der Waals surface area contributed by atoms with Crippen LogP contribution in [0.3, 0.4) is 0 Å². The zero-order chi connectivity index (χ0) is 21.1. The molecule has 1 aliphatic heterocycles. The first-order chi connectivity index (χ1) is 14.6. The summed E-state index contributed by atoms with van der Waals surface area (Å²) in [4.78, 5) is 20.2. The van der Waals surface area contributed by atoms with Gasteiger partial charge in [-0.05, 0) is 48.7 Å². The monoisotopic (exact) mass is 412 g/mol. The first kappa shape index (κ1) is 20.2. The molecule has 0 saturated heterocycles. The number of hydrogen-bond donors (Lipinski definition) is 0. The molecule has 2 aliphatic rings. The summed E-state index contributed by atoms with van der Waals surface area (Å²) in [5.74, 6) is 1.14. The van der Waals surface area contributed by atoms with Crippen molar-refractivity contribution < 1.29 is 23.5 Å². The maximum absolute atomic E-state index is 13.6. The van der Waals surface area contributed by atoms with Gasteiger partial charge in [-0.15, -0.1) is 0 Å². The van der Waals surface area contributed by atoms with Gasteiger partial charge < -0.3 is 19.2 Å². The molecule has 1 atom stereocenters. The van der Waals surface area contributed by atoms with Gasteiger partial charge >= 0.3 is 0 Å². The van der Waals surface area contributed by atoms with E-state index in [-0.39, 0.29) is 23.7 Å². The Hall–Kier alpha value is -3.09. The van der Waals surface area contributed by atoms with Gasteiger partial charge in [0, 0.05) is 24.4 Å². The predicted octanol–water partition coefficient (Wildman–Crippen LogP) is 3.77. The van der Waals surface area contributed by atoms with E-state index in [0.717, 1.165) is 29.7 Å². The van der Waals surface area contributed by atoms with Crippen molar-refractivity contribution in [2.24, 2.45) is 11.1 Å². The van der Waals surface area contributed by atoms with Crippen molar-refractivity contribution in [3.8, 4) is 11.5 Å². The van der Waals surface area contributed by atoms with E-state index in [0.29, 0.717) is 31.0 Å². The molecule has 1 amide bonds. The molecule has 7 heteroatoms. The van der Waals surface area contributed by atoms with E-state index in [1.165, 1.54) is 12.1 Å². The van der Waals surface area contributed by atoms with Crippen molar-refractivity contribution in [3.05, 3.63) is 59.4 Å². The molecule has 4 rings (SSSR count). The zero-order valence-electron chi connectivity index (χ0n) is 17.1. The van der Waals surface area contributed by atoms with Gasteiger partial charge in [-0.1, -0.05) is 17.3 Å². The molecule has 2 aromatic carbocycles. The van der Waals surface area contributed by atoms with Gasteiger partial charge in [0.1, 0.15) is 5.82 Å². The second-order valence-electron chi connectivity index (χ2n) is 7.66. The quantitative estimate of drug-likeness (QED) is 0.662. The highest BCUT2D eigenvalue weighted by molar-refractivity contribution is 6.01. The average molecular weight is 412 g/mol. The maximum Gasteiger partial charge on any atom is 0.226 e. The summed E-state index contributed by atoms with van der Waals surface area (Å²) < 4.78 is 24.2. The average Bonchev–Trinajstić information content (AvgIpc) is 3.51. The molecule has 1 aliphatic carbocycles. The van der Waals surface area contributed by atoms with Crippen LogP contribution in [-0.2, 0) is 16.2 Å². The van der Waals surface area contributed by atoms with Crippen molar-refractivity contribution in [1.82, 2.24) is 4.90 Å². The first-order valence-electron chi connectivity index (χ1n) is 10.1. The number of carbonyl (C=O) groups is 1. The van der Waals surface area contributed by atoms with Crippen LogP contribution in [0.15, 0.2) is 47.6 Å². The van der Waals surface area contributed by atoms with Crippen LogP contribution in [0.4, 0.5) is 4.39 Å². The van der Waals surface area contributed by atoms with Crippen molar-refractivity contribution in [3.63, 3.8) is 0 Å². The lowest BCUT2D eigenvalue weighted by molar-refractivity contribution is -0.135. The standard InChI is InChI=1S/C23H25FN2O4/c1-28-21-9-8-17(11-22(21)29-2)20-12-19(30-25-20)14-26(23(27)16-6-7-16)13-15-4-3-5-18(24)10-15/h3-5,8-11,16,19H,6-7,12-14H2,1-2H3. The third-order valence-electron chi connectivity index (χ3n) is 5.37. The minimum absolute atomic E-state index is 0.0752. The van der Waals surface area contributed by atoms with Crippen molar-refractivity contribution in [2.45, 2.75) is 31.9 Å². The molecule has 6 nitrogen and oxygen atoms in total. The van der Waals surface area contributed by atoms with Crippen LogP contribution in [0.5, 0.6) is 11.5 Å². The van der Waals surface area contributed by atoms with E-state index in [1.54, 1.807) is 25.2 Å². The van der Waals surface area contributed by atoms with Crippen LogP contribution in [0, 0.1) is 11.7 Å². The second kappa shape index (κ2) is 8.73. The topological polar surface area (TPSA) is 60.4 Å². The molecular formula is C23H25FN2O4. The molecular weight excluding hydrogens is 387 g/mol. The summed E-state index contributed by atoms with van der Waals surface area (Å²) in [6.45, 7) is 0.769. The lowest BCUT2D eigenvalue weighted by atomic mass is 10.0. The first-order valence-corrected chi connectivity index (χ1v) is 10.1. The third kappa shape index (κ3) is 4.56. The molecule has 1 heterocycles. The number of ether oxygens (including phenoxy) is 2. The summed E-state index contributed by atoms with van der Waals surface area (Å²) in [5, 5.41) is 4.23. The van der Waals surface area contributed by atoms with Crippen LogP contribution >= 0.6 is 0 Å². The highest BCUT2D eigenvalue weighted by Gasteiger charge is 2.35. The predicted molar refractivity (Wildman–Crippen MR) is 110 cm³/mol. The fraction of sp³-hybridized carbons (Fsp3) is 0.391. The van der Waals surface area contributed by atoms with Gasteiger partial charge in [0.05, 0.1) is 26.5 Å². The number of methoxy groups -OCH3 is 2.